The number of hydrogen-bond acceptors (Lipinski definition) is 7. The molecule has 3 N–H and O–H groups in total. The standard InChI is InChI=1S/C28H23Cl6NO7/c1-40-7-5-3-2-4-6-35-41-11-12-8-15(29)19(28(38)39)20(21(12)32)18-13-9-16(30)24(36)22(33)26(13)42-27-14(18)10-17(31)25(37)23(27)34/h8-10,35-36H,2-7,11H2,1H3,(H,38,39). The van der Waals surface area contributed by atoms with Gasteiger partial charge in [-0.15, -0.1) is 0 Å². The van der Waals surface area contributed by atoms with Crippen molar-refractivity contribution >= 4 is 86.5 Å². The Balaban J connectivity index is 1.88. The predicted octanol–water partition coefficient (Wildman–Crippen LogP) is 9.12. The zero-order valence-corrected chi connectivity index (χ0v) is 26.4. The van der Waals surface area contributed by atoms with E-state index in [9.17, 15) is 19.8 Å². The monoisotopic (exact) mass is 695 g/mol. The van der Waals surface area contributed by atoms with E-state index >= 15 is 0 Å². The molecule has 0 saturated heterocycles. The molecule has 0 radical (unpaired) electrons. The summed E-state index contributed by atoms with van der Waals surface area (Å²) in [4.78, 5) is 30.7. The van der Waals surface area contributed by atoms with Gasteiger partial charge in [-0.2, -0.15) is 0 Å². The molecule has 42 heavy (non-hydrogen) atoms. The second-order valence-electron chi connectivity index (χ2n) is 9.23. The molecule has 2 aromatic carbocycles. The van der Waals surface area contributed by atoms with Crippen LogP contribution < -0.4 is 10.9 Å². The zero-order valence-electron chi connectivity index (χ0n) is 21.9. The van der Waals surface area contributed by atoms with E-state index < -0.39 is 22.2 Å². The highest BCUT2D eigenvalue weighted by molar-refractivity contribution is 6.43. The van der Waals surface area contributed by atoms with Crippen LogP contribution >= 0.6 is 69.6 Å². The summed E-state index contributed by atoms with van der Waals surface area (Å²) in [6.45, 7) is 1.22. The van der Waals surface area contributed by atoms with E-state index in [0.717, 1.165) is 25.7 Å². The number of phenolic OH excluding ortho intramolecular Hbond substituents is 1. The molecule has 0 spiro atoms. The van der Waals surface area contributed by atoms with Gasteiger partial charge in [-0.1, -0.05) is 82.4 Å². The van der Waals surface area contributed by atoms with E-state index in [1.165, 1.54) is 18.2 Å². The van der Waals surface area contributed by atoms with E-state index in [2.05, 4.69) is 5.48 Å². The van der Waals surface area contributed by atoms with Crippen LogP contribution in [0.2, 0.25) is 30.1 Å². The topological polar surface area (TPSA) is 118 Å². The molecule has 0 unspecified atom stereocenters. The first-order valence-corrected chi connectivity index (χ1v) is 14.8. The highest BCUT2D eigenvalue weighted by Gasteiger charge is 2.31. The molecule has 1 aliphatic carbocycles. The minimum absolute atomic E-state index is 0.0225. The van der Waals surface area contributed by atoms with Gasteiger partial charge in [0.25, 0.3) is 0 Å². The summed E-state index contributed by atoms with van der Waals surface area (Å²) in [6, 6.07) is 3.98. The third-order valence-electron chi connectivity index (χ3n) is 6.49. The fourth-order valence-corrected chi connectivity index (χ4v) is 6.08. The van der Waals surface area contributed by atoms with Gasteiger partial charge in [-0.05, 0) is 31.0 Å². The Bertz CT molecular complexity index is 1690. The Kier molecular flexibility index (Phi) is 11.1. The van der Waals surface area contributed by atoms with Gasteiger partial charge in [-0.25, -0.2) is 10.3 Å². The number of unbranched alkanes of at least 4 members (excludes halogenated alkanes) is 3. The molecule has 8 nitrogen and oxygen atoms in total. The lowest BCUT2D eigenvalue weighted by atomic mass is 9.89. The Morgan fingerprint density at radius 1 is 0.905 bits per heavy atom. The summed E-state index contributed by atoms with van der Waals surface area (Å²) in [6.07, 6.45) is 3.85. The fourth-order valence-electron chi connectivity index (χ4n) is 4.49. The number of fused-ring (bicyclic) bond motifs is 2. The first-order valence-electron chi connectivity index (χ1n) is 12.5. The molecule has 0 aromatic heterocycles. The molecule has 1 heterocycles. The van der Waals surface area contributed by atoms with E-state index in [1.54, 1.807) is 7.11 Å². The highest BCUT2D eigenvalue weighted by Crippen LogP contribution is 2.51. The van der Waals surface area contributed by atoms with Gasteiger partial charge in [0.2, 0.25) is 5.43 Å². The zero-order chi connectivity index (χ0) is 30.7. The van der Waals surface area contributed by atoms with E-state index in [1.807, 2.05) is 0 Å². The first kappa shape index (κ1) is 32.9. The maximum atomic E-state index is 12.6. The Hall–Kier alpha value is -1.98. The average molecular weight is 698 g/mol. The van der Waals surface area contributed by atoms with Crippen molar-refractivity contribution < 1.29 is 29.0 Å². The number of carbonyl (C=O) groups is 1. The average Bonchev–Trinajstić information content (AvgIpc) is 2.94. The van der Waals surface area contributed by atoms with E-state index in [0.29, 0.717) is 18.7 Å². The molecule has 0 fully saturated rings. The normalized spacial score (nSPS) is 11.6. The number of carboxylic acid groups (broad SMARTS) is 1. The van der Waals surface area contributed by atoms with Crippen LogP contribution in [-0.4, -0.2) is 36.4 Å². The van der Waals surface area contributed by atoms with Gasteiger partial charge in [-0.3, -0.25) is 9.63 Å². The van der Waals surface area contributed by atoms with Crippen molar-refractivity contribution in [2.45, 2.75) is 32.3 Å². The molecule has 14 heteroatoms. The van der Waals surface area contributed by atoms with Crippen molar-refractivity contribution in [3.63, 3.8) is 0 Å². The quantitative estimate of drug-likeness (QED) is 0.0762. The lowest BCUT2D eigenvalue weighted by Crippen LogP contribution is -2.16. The molecule has 1 aliphatic heterocycles. The van der Waals surface area contributed by atoms with Crippen LogP contribution in [0.5, 0.6) is 5.75 Å². The second-order valence-corrected chi connectivity index (χ2v) is 11.6. The van der Waals surface area contributed by atoms with E-state index in [-0.39, 0.29) is 70.7 Å². The Labute approximate surface area is 270 Å². The van der Waals surface area contributed by atoms with Crippen LogP contribution in [0.3, 0.4) is 0 Å². The number of hydroxylamine groups is 1. The maximum absolute atomic E-state index is 12.6. The van der Waals surface area contributed by atoms with Crippen molar-refractivity contribution in [1.82, 2.24) is 5.48 Å². The SMILES string of the molecule is COCCCCCCNOCc1cc(Cl)c(C(=O)O)c(-c2c3cc(Cl)c(=O)c(Cl)c-3oc3c(Cl)c(O)c(Cl)cc23)c1Cl. The number of hydrogen-bond donors (Lipinski definition) is 3. The molecule has 2 aliphatic rings. The summed E-state index contributed by atoms with van der Waals surface area (Å²) in [5, 5.41) is 19.5. The Morgan fingerprint density at radius 3 is 2.31 bits per heavy atom. The molecule has 224 valence electrons. The van der Waals surface area contributed by atoms with Crippen LogP contribution in [0.1, 0.15) is 41.6 Å². The van der Waals surface area contributed by atoms with Crippen molar-refractivity contribution in [3.8, 4) is 28.2 Å². The molecular weight excluding hydrogens is 675 g/mol. The number of aromatic hydroxyl groups is 1. The molecule has 0 saturated carbocycles. The number of aromatic carboxylic acids is 1. The van der Waals surface area contributed by atoms with Crippen molar-refractivity contribution in [2.24, 2.45) is 0 Å². The molecule has 2 aromatic rings. The number of ether oxygens (including phenoxy) is 1. The number of halogens is 6. The minimum atomic E-state index is -1.40. The van der Waals surface area contributed by atoms with Gasteiger partial charge in [0.15, 0.2) is 17.1 Å². The Morgan fingerprint density at radius 2 is 1.62 bits per heavy atom. The number of nitrogens with one attached hydrogen (secondary N) is 1. The number of rotatable bonds is 12. The number of benzene rings is 3. The highest BCUT2D eigenvalue weighted by atomic mass is 35.5. The number of phenols is 1. The lowest BCUT2D eigenvalue weighted by molar-refractivity contribution is 0.0272. The third kappa shape index (κ3) is 6.58. The minimum Gasteiger partial charge on any atom is -0.505 e. The summed E-state index contributed by atoms with van der Waals surface area (Å²) in [7, 11) is 1.67. The summed E-state index contributed by atoms with van der Waals surface area (Å²) in [5.41, 5.74) is 2.17. The smallest absolute Gasteiger partial charge is 0.337 e. The summed E-state index contributed by atoms with van der Waals surface area (Å²) >= 11 is 38.6. The largest absolute Gasteiger partial charge is 0.505 e. The maximum Gasteiger partial charge on any atom is 0.337 e. The van der Waals surface area contributed by atoms with Gasteiger partial charge >= 0.3 is 5.97 Å². The van der Waals surface area contributed by atoms with Crippen molar-refractivity contribution in [2.75, 3.05) is 20.3 Å². The second kappa shape index (κ2) is 14.2. The van der Waals surface area contributed by atoms with Gasteiger partial charge in [0.1, 0.15) is 10.0 Å². The molecule has 0 bridgehead atoms. The summed E-state index contributed by atoms with van der Waals surface area (Å²) in [5.74, 6) is -2.07. The van der Waals surface area contributed by atoms with Gasteiger partial charge in [0.05, 0.1) is 32.3 Å². The van der Waals surface area contributed by atoms with Crippen LogP contribution in [0.15, 0.2) is 27.4 Å². The van der Waals surface area contributed by atoms with Gasteiger partial charge < -0.3 is 19.4 Å². The molecular formula is C28H23Cl6NO7. The third-order valence-corrected chi connectivity index (χ3v) is 8.48. The fraction of sp³-hybridized carbons (Fsp3) is 0.286. The number of carboxylic acids is 1. The molecule has 0 atom stereocenters. The lowest BCUT2D eigenvalue weighted by Gasteiger charge is -2.21. The predicted molar refractivity (Wildman–Crippen MR) is 166 cm³/mol. The summed E-state index contributed by atoms with van der Waals surface area (Å²) < 4.78 is 10.9. The molecule has 4 rings (SSSR count). The van der Waals surface area contributed by atoms with Crippen LogP contribution in [0.25, 0.3) is 33.4 Å². The molecule has 0 amide bonds. The van der Waals surface area contributed by atoms with Gasteiger partial charge in [0, 0.05) is 47.9 Å². The van der Waals surface area contributed by atoms with Crippen molar-refractivity contribution in [1.29, 1.82) is 0 Å². The first-order chi connectivity index (χ1) is 20.0. The van der Waals surface area contributed by atoms with Crippen LogP contribution in [0, 0.1) is 0 Å². The van der Waals surface area contributed by atoms with Crippen molar-refractivity contribution in [3.05, 3.63) is 69.7 Å². The van der Waals surface area contributed by atoms with Crippen LogP contribution in [0.4, 0.5) is 0 Å². The van der Waals surface area contributed by atoms with Crippen LogP contribution in [-0.2, 0) is 16.2 Å². The van der Waals surface area contributed by atoms with E-state index in [4.69, 9.17) is 83.6 Å². The number of methoxy groups -OCH3 is 1.